The van der Waals surface area contributed by atoms with E-state index in [2.05, 4.69) is 22.0 Å². The van der Waals surface area contributed by atoms with Crippen molar-refractivity contribution in [3.05, 3.63) is 46.3 Å². The molecule has 0 unspecified atom stereocenters. The second-order valence-electron chi connectivity index (χ2n) is 6.18. The first kappa shape index (κ1) is 17.7. The fraction of sp³-hybridized carbons (Fsp3) is 0.444. The molecule has 3 aromatic rings. The molecule has 2 heterocycles. The maximum atomic E-state index is 12.8. The van der Waals surface area contributed by atoms with Crippen LogP contribution >= 0.6 is 11.8 Å². The molecule has 6 nitrogen and oxygen atoms in total. The largest absolute Gasteiger partial charge is 0.338 e. The molecule has 2 aromatic heterocycles. The molecule has 132 valence electrons. The van der Waals surface area contributed by atoms with Crippen molar-refractivity contribution >= 4 is 22.7 Å². The van der Waals surface area contributed by atoms with Crippen molar-refractivity contribution in [3.8, 4) is 0 Å². The Morgan fingerprint density at radius 3 is 2.80 bits per heavy atom. The van der Waals surface area contributed by atoms with Crippen LogP contribution in [0.5, 0.6) is 0 Å². The van der Waals surface area contributed by atoms with Crippen molar-refractivity contribution in [2.45, 2.75) is 57.0 Å². The minimum Gasteiger partial charge on any atom is -0.338 e. The lowest BCUT2D eigenvalue weighted by molar-refractivity contribution is 0.384. The van der Waals surface area contributed by atoms with Gasteiger partial charge in [0.1, 0.15) is 0 Å². The highest BCUT2D eigenvalue weighted by Gasteiger charge is 2.15. The van der Waals surface area contributed by atoms with E-state index in [1.165, 1.54) is 11.8 Å². The highest BCUT2D eigenvalue weighted by Crippen LogP contribution is 2.23. The third kappa shape index (κ3) is 3.92. The summed E-state index contributed by atoms with van der Waals surface area (Å²) in [5.74, 6) is 1.80. The van der Waals surface area contributed by atoms with Gasteiger partial charge in [0.05, 0.1) is 16.7 Å². The van der Waals surface area contributed by atoms with Gasteiger partial charge in [-0.2, -0.15) is 4.98 Å². The second-order valence-corrected chi connectivity index (χ2v) is 7.12. The fourth-order valence-electron chi connectivity index (χ4n) is 2.59. The smallest absolute Gasteiger partial charge is 0.262 e. The molecule has 0 aliphatic heterocycles. The number of hydrogen-bond acceptors (Lipinski definition) is 6. The highest BCUT2D eigenvalue weighted by atomic mass is 32.2. The molecule has 0 atom stereocenters. The van der Waals surface area contributed by atoms with Gasteiger partial charge in [0, 0.05) is 12.5 Å². The average Bonchev–Trinajstić information content (AvgIpc) is 3.05. The summed E-state index contributed by atoms with van der Waals surface area (Å²) >= 11 is 1.45. The van der Waals surface area contributed by atoms with Crippen LogP contribution < -0.4 is 5.56 Å². The summed E-state index contributed by atoms with van der Waals surface area (Å²) in [7, 11) is 0. The molecule has 0 radical (unpaired) electrons. The first-order valence-corrected chi connectivity index (χ1v) is 9.54. The number of nitrogens with zero attached hydrogens (tertiary/aromatic N) is 4. The minimum atomic E-state index is -0.0164. The predicted molar refractivity (Wildman–Crippen MR) is 98.9 cm³/mol. The topological polar surface area (TPSA) is 73.8 Å². The summed E-state index contributed by atoms with van der Waals surface area (Å²) in [4.78, 5) is 21.9. The summed E-state index contributed by atoms with van der Waals surface area (Å²) in [6.07, 6.45) is 2.97. The van der Waals surface area contributed by atoms with Crippen LogP contribution in [0.3, 0.4) is 0 Å². The lowest BCUT2D eigenvalue weighted by atomic mass is 10.2. The zero-order chi connectivity index (χ0) is 17.8. The molecule has 3 rings (SSSR count). The second kappa shape index (κ2) is 7.82. The molecular formula is C18H22N4O2S. The summed E-state index contributed by atoms with van der Waals surface area (Å²) in [5, 5.41) is 5.31. The van der Waals surface area contributed by atoms with Crippen LogP contribution in [0.15, 0.2) is 38.7 Å². The van der Waals surface area contributed by atoms with Crippen molar-refractivity contribution in [2.75, 3.05) is 0 Å². The van der Waals surface area contributed by atoms with Gasteiger partial charge in [-0.25, -0.2) is 4.98 Å². The summed E-state index contributed by atoms with van der Waals surface area (Å²) in [5.41, 5.74) is 0.693. The first-order valence-electron chi connectivity index (χ1n) is 8.55. The Morgan fingerprint density at radius 2 is 2.04 bits per heavy atom. The van der Waals surface area contributed by atoms with Crippen molar-refractivity contribution in [1.29, 1.82) is 0 Å². The number of aryl methyl sites for hydroxylation is 1. The number of benzene rings is 1. The Morgan fingerprint density at radius 1 is 1.24 bits per heavy atom. The molecule has 0 N–H and O–H groups in total. The third-order valence-corrected chi connectivity index (χ3v) is 4.82. The van der Waals surface area contributed by atoms with Gasteiger partial charge in [-0.1, -0.05) is 42.4 Å². The molecule has 1 aromatic carbocycles. The van der Waals surface area contributed by atoms with E-state index in [1.54, 1.807) is 4.57 Å². The van der Waals surface area contributed by atoms with Crippen LogP contribution in [0.2, 0.25) is 0 Å². The quantitative estimate of drug-likeness (QED) is 0.469. The van der Waals surface area contributed by atoms with Crippen LogP contribution in [-0.4, -0.2) is 19.7 Å². The molecule has 0 aliphatic carbocycles. The fourth-order valence-corrected chi connectivity index (χ4v) is 3.56. The Balaban J connectivity index is 1.86. The van der Waals surface area contributed by atoms with Crippen molar-refractivity contribution in [2.24, 2.45) is 0 Å². The molecular weight excluding hydrogens is 336 g/mol. The van der Waals surface area contributed by atoms with Crippen LogP contribution in [0.1, 0.15) is 51.4 Å². The van der Waals surface area contributed by atoms with E-state index in [4.69, 9.17) is 4.52 Å². The van der Waals surface area contributed by atoms with E-state index in [1.807, 2.05) is 38.1 Å². The minimum absolute atomic E-state index is 0.0164. The normalized spacial score (nSPS) is 11.5. The predicted octanol–water partition coefficient (Wildman–Crippen LogP) is 4.00. The van der Waals surface area contributed by atoms with E-state index >= 15 is 0 Å². The molecule has 0 saturated carbocycles. The Labute approximate surface area is 150 Å². The van der Waals surface area contributed by atoms with E-state index in [0.29, 0.717) is 27.7 Å². The Hall–Kier alpha value is -2.15. The van der Waals surface area contributed by atoms with Crippen molar-refractivity contribution in [1.82, 2.24) is 19.7 Å². The van der Waals surface area contributed by atoms with Crippen molar-refractivity contribution < 1.29 is 4.52 Å². The third-order valence-electron chi connectivity index (χ3n) is 3.88. The maximum Gasteiger partial charge on any atom is 0.262 e. The monoisotopic (exact) mass is 358 g/mol. The molecule has 25 heavy (non-hydrogen) atoms. The van der Waals surface area contributed by atoms with Gasteiger partial charge in [0.15, 0.2) is 11.0 Å². The van der Waals surface area contributed by atoms with Gasteiger partial charge in [-0.15, -0.1) is 0 Å². The molecule has 0 fully saturated rings. The van der Waals surface area contributed by atoms with Gasteiger partial charge in [-0.3, -0.25) is 9.36 Å². The van der Waals surface area contributed by atoms with E-state index in [0.717, 1.165) is 25.1 Å². The van der Waals surface area contributed by atoms with Gasteiger partial charge < -0.3 is 4.52 Å². The van der Waals surface area contributed by atoms with Gasteiger partial charge in [0.25, 0.3) is 5.56 Å². The summed E-state index contributed by atoms with van der Waals surface area (Å²) in [6, 6.07) is 7.45. The lowest BCUT2D eigenvalue weighted by Crippen LogP contribution is -2.25. The number of fused-ring (bicyclic) bond motifs is 1. The average molecular weight is 358 g/mol. The lowest BCUT2D eigenvalue weighted by Gasteiger charge is -2.15. The van der Waals surface area contributed by atoms with Crippen LogP contribution in [0.25, 0.3) is 10.9 Å². The van der Waals surface area contributed by atoms with Gasteiger partial charge in [0.2, 0.25) is 5.89 Å². The van der Waals surface area contributed by atoms with Crippen LogP contribution in [0, 0.1) is 0 Å². The summed E-state index contributed by atoms with van der Waals surface area (Å²) < 4.78 is 7.03. The van der Waals surface area contributed by atoms with Crippen LogP contribution in [-0.2, 0) is 12.2 Å². The Bertz CT molecular complexity index is 917. The van der Waals surface area contributed by atoms with E-state index in [-0.39, 0.29) is 11.6 Å². The number of rotatable bonds is 7. The SMILES string of the molecule is CCCCc1noc(CSc2nc3ccccc3c(=O)n2C(C)C)n1. The zero-order valence-electron chi connectivity index (χ0n) is 14.7. The molecule has 0 amide bonds. The standard InChI is InChI=1S/C18H22N4O2S/c1-4-5-10-15-20-16(24-21-15)11-25-18-19-14-9-7-6-8-13(14)17(23)22(18)12(2)3/h6-9,12H,4-5,10-11H2,1-3H3. The number of unbranched alkanes of at least 4 members (excludes halogenated alkanes) is 1. The Kier molecular flexibility index (Phi) is 5.53. The highest BCUT2D eigenvalue weighted by molar-refractivity contribution is 7.98. The molecule has 0 aliphatic rings. The molecule has 0 spiro atoms. The number of hydrogen-bond donors (Lipinski definition) is 0. The van der Waals surface area contributed by atoms with Gasteiger partial charge in [-0.05, 0) is 32.4 Å². The molecule has 7 heteroatoms. The first-order chi connectivity index (χ1) is 12.1. The number of thioether (sulfide) groups is 1. The van der Waals surface area contributed by atoms with E-state index in [9.17, 15) is 4.79 Å². The molecule has 0 bridgehead atoms. The van der Waals surface area contributed by atoms with Gasteiger partial charge >= 0.3 is 0 Å². The summed E-state index contributed by atoms with van der Waals surface area (Å²) in [6.45, 7) is 6.10. The maximum absolute atomic E-state index is 12.8. The van der Waals surface area contributed by atoms with Crippen molar-refractivity contribution in [3.63, 3.8) is 0 Å². The van der Waals surface area contributed by atoms with Crippen LogP contribution in [0.4, 0.5) is 0 Å². The zero-order valence-corrected chi connectivity index (χ0v) is 15.5. The molecule has 0 saturated heterocycles. The van der Waals surface area contributed by atoms with E-state index < -0.39 is 0 Å². The number of para-hydroxylation sites is 1. The number of aromatic nitrogens is 4.